The maximum Gasteiger partial charge on any atom is 0.251 e. The molecular weight excluding hydrogens is 368 g/mol. The number of hydrogen-bond acceptors (Lipinski definition) is 4. The average Bonchev–Trinajstić information content (AvgIpc) is 2.77. The van der Waals surface area contributed by atoms with Gasteiger partial charge in [0, 0.05) is 5.56 Å². The van der Waals surface area contributed by atoms with Gasteiger partial charge in [0.05, 0.1) is 26.9 Å². The Morgan fingerprint density at radius 3 is 2.52 bits per heavy atom. The second-order valence-electron chi connectivity index (χ2n) is 7.92. The predicted molar refractivity (Wildman–Crippen MR) is 112 cm³/mol. The van der Waals surface area contributed by atoms with Crippen LogP contribution >= 0.6 is 0 Å². The van der Waals surface area contributed by atoms with Crippen LogP contribution in [-0.4, -0.2) is 51.4 Å². The molecule has 2 N–H and O–H groups in total. The first kappa shape index (κ1) is 21.1. The van der Waals surface area contributed by atoms with Crippen molar-refractivity contribution >= 4 is 5.91 Å². The highest BCUT2D eigenvalue weighted by molar-refractivity contribution is 5.94. The third kappa shape index (κ3) is 5.71. The highest BCUT2D eigenvalue weighted by Gasteiger charge is 2.32. The van der Waals surface area contributed by atoms with E-state index < -0.39 is 0 Å². The summed E-state index contributed by atoms with van der Waals surface area (Å²) in [6.07, 6.45) is 0. The Hall–Kier alpha value is -2.57. The second kappa shape index (κ2) is 9.76. The summed E-state index contributed by atoms with van der Waals surface area (Å²) in [4.78, 5) is 14.1. The molecule has 6 nitrogen and oxygen atoms in total. The molecule has 1 fully saturated rings. The lowest BCUT2D eigenvalue weighted by molar-refractivity contribution is -0.954. The molecule has 1 aliphatic rings. The van der Waals surface area contributed by atoms with Gasteiger partial charge in [0.2, 0.25) is 0 Å². The van der Waals surface area contributed by atoms with E-state index in [0.29, 0.717) is 30.2 Å². The van der Waals surface area contributed by atoms with Gasteiger partial charge >= 0.3 is 0 Å². The molecule has 6 heteroatoms. The SMILES string of the molecule is COc1cc(C(=O)NCC(C)(C)[NH+]2CCOCC2)ccc1OCc1ccccc1. The first-order valence-corrected chi connectivity index (χ1v) is 10.1. The number of methoxy groups -OCH3 is 1. The number of carbonyl (C=O) groups excluding carboxylic acids is 1. The van der Waals surface area contributed by atoms with E-state index in [1.807, 2.05) is 30.3 Å². The van der Waals surface area contributed by atoms with Gasteiger partial charge in [-0.15, -0.1) is 0 Å². The van der Waals surface area contributed by atoms with Crippen LogP contribution in [0, 0.1) is 0 Å². The number of benzene rings is 2. The van der Waals surface area contributed by atoms with Crippen LogP contribution < -0.4 is 19.7 Å². The molecule has 1 aliphatic heterocycles. The fourth-order valence-electron chi connectivity index (χ4n) is 3.49. The molecule has 0 aliphatic carbocycles. The molecule has 0 unspecified atom stereocenters. The number of morpholine rings is 1. The molecule has 0 atom stereocenters. The number of quaternary nitrogens is 1. The lowest BCUT2D eigenvalue weighted by atomic mass is 10.0. The zero-order valence-electron chi connectivity index (χ0n) is 17.5. The van der Waals surface area contributed by atoms with Crippen molar-refractivity contribution in [1.82, 2.24) is 5.32 Å². The van der Waals surface area contributed by atoms with Crippen LogP contribution in [0.4, 0.5) is 0 Å². The Balaban J connectivity index is 1.60. The Morgan fingerprint density at radius 2 is 1.83 bits per heavy atom. The molecule has 0 aromatic heterocycles. The summed E-state index contributed by atoms with van der Waals surface area (Å²) in [6.45, 7) is 8.86. The van der Waals surface area contributed by atoms with E-state index in [9.17, 15) is 4.79 Å². The highest BCUT2D eigenvalue weighted by atomic mass is 16.5. The lowest BCUT2D eigenvalue weighted by Crippen LogP contribution is -3.22. The van der Waals surface area contributed by atoms with E-state index in [1.165, 1.54) is 4.90 Å². The molecule has 156 valence electrons. The van der Waals surface area contributed by atoms with Crippen LogP contribution in [-0.2, 0) is 11.3 Å². The van der Waals surface area contributed by atoms with E-state index in [0.717, 1.165) is 31.9 Å². The highest BCUT2D eigenvalue weighted by Crippen LogP contribution is 2.28. The summed E-state index contributed by atoms with van der Waals surface area (Å²) >= 11 is 0. The van der Waals surface area contributed by atoms with Crippen LogP contribution in [0.2, 0.25) is 0 Å². The van der Waals surface area contributed by atoms with Gasteiger partial charge in [0.1, 0.15) is 25.2 Å². The van der Waals surface area contributed by atoms with E-state index in [1.54, 1.807) is 25.3 Å². The number of hydrogen-bond donors (Lipinski definition) is 2. The fourth-order valence-corrected chi connectivity index (χ4v) is 3.49. The van der Waals surface area contributed by atoms with Gasteiger partial charge in [-0.3, -0.25) is 4.79 Å². The lowest BCUT2D eigenvalue weighted by Gasteiger charge is -2.37. The van der Waals surface area contributed by atoms with Crippen molar-refractivity contribution in [2.45, 2.75) is 26.0 Å². The third-order valence-corrected chi connectivity index (χ3v) is 5.41. The van der Waals surface area contributed by atoms with Gasteiger partial charge in [-0.1, -0.05) is 30.3 Å². The Bertz CT molecular complexity index is 802. The molecule has 0 radical (unpaired) electrons. The molecule has 3 rings (SSSR count). The van der Waals surface area contributed by atoms with Crippen molar-refractivity contribution in [2.75, 3.05) is 40.0 Å². The van der Waals surface area contributed by atoms with E-state index in [-0.39, 0.29) is 11.4 Å². The van der Waals surface area contributed by atoms with Gasteiger partial charge in [-0.25, -0.2) is 0 Å². The number of amides is 1. The summed E-state index contributed by atoms with van der Waals surface area (Å²) < 4.78 is 16.8. The van der Waals surface area contributed by atoms with Gasteiger partial charge in [-0.2, -0.15) is 0 Å². The predicted octanol–water partition coefficient (Wildman–Crippen LogP) is 1.70. The van der Waals surface area contributed by atoms with Crippen molar-refractivity contribution < 1.29 is 23.9 Å². The maximum atomic E-state index is 12.7. The minimum atomic E-state index is -0.112. The van der Waals surface area contributed by atoms with Crippen LogP contribution in [0.5, 0.6) is 11.5 Å². The molecule has 1 amide bonds. The van der Waals surface area contributed by atoms with E-state index in [2.05, 4.69) is 19.2 Å². The molecule has 0 saturated carbocycles. The average molecular weight is 400 g/mol. The summed E-state index contributed by atoms with van der Waals surface area (Å²) in [5.41, 5.74) is 1.58. The van der Waals surface area contributed by atoms with Crippen molar-refractivity contribution in [3.05, 3.63) is 59.7 Å². The molecule has 0 bridgehead atoms. The molecule has 1 saturated heterocycles. The normalized spacial score (nSPS) is 15.0. The number of nitrogens with one attached hydrogen (secondary N) is 2. The molecular formula is C23H31N2O4+. The standard InChI is InChI=1S/C23H30N2O4/c1-23(2,25-11-13-28-14-12-25)17-24-22(26)19-9-10-20(21(15-19)27-3)29-16-18-7-5-4-6-8-18/h4-10,15H,11-14,16-17H2,1-3H3,(H,24,26)/p+1. The van der Waals surface area contributed by atoms with E-state index >= 15 is 0 Å². The molecule has 2 aromatic carbocycles. The van der Waals surface area contributed by atoms with Gasteiger partial charge in [0.15, 0.2) is 11.5 Å². The van der Waals surface area contributed by atoms with Crippen LogP contribution in [0.15, 0.2) is 48.5 Å². The largest absolute Gasteiger partial charge is 0.493 e. The minimum absolute atomic E-state index is 0.0533. The first-order valence-electron chi connectivity index (χ1n) is 10.1. The van der Waals surface area contributed by atoms with Crippen LogP contribution in [0.25, 0.3) is 0 Å². The summed E-state index contributed by atoms with van der Waals surface area (Å²) in [6, 6.07) is 15.2. The summed E-state index contributed by atoms with van der Waals surface area (Å²) in [5, 5.41) is 3.07. The number of ether oxygens (including phenoxy) is 3. The monoisotopic (exact) mass is 399 g/mol. The van der Waals surface area contributed by atoms with Crippen molar-refractivity contribution in [1.29, 1.82) is 0 Å². The van der Waals surface area contributed by atoms with Gasteiger partial charge in [0.25, 0.3) is 5.91 Å². The molecule has 2 aromatic rings. The maximum absolute atomic E-state index is 12.7. The topological polar surface area (TPSA) is 61.2 Å². The number of carbonyl (C=O) groups is 1. The zero-order valence-corrected chi connectivity index (χ0v) is 17.5. The number of rotatable bonds is 8. The third-order valence-electron chi connectivity index (χ3n) is 5.41. The molecule has 29 heavy (non-hydrogen) atoms. The smallest absolute Gasteiger partial charge is 0.251 e. The second-order valence-corrected chi connectivity index (χ2v) is 7.92. The zero-order chi connectivity index (χ0) is 20.7. The first-order chi connectivity index (χ1) is 14.0. The quantitative estimate of drug-likeness (QED) is 0.709. The van der Waals surface area contributed by atoms with E-state index in [4.69, 9.17) is 14.2 Å². The van der Waals surface area contributed by atoms with Gasteiger partial charge < -0.3 is 24.4 Å². The fraction of sp³-hybridized carbons (Fsp3) is 0.435. The minimum Gasteiger partial charge on any atom is -0.493 e. The van der Waals surface area contributed by atoms with Crippen molar-refractivity contribution in [2.24, 2.45) is 0 Å². The van der Waals surface area contributed by atoms with Crippen LogP contribution in [0.1, 0.15) is 29.8 Å². The summed E-state index contributed by atoms with van der Waals surface area (Å²) in [7, 11) is 1.58. The summed E-state index contributed by atoms with van der Waals surface area (Å²) in [5.74, 6) is 1.05. The Labute approximate surface area is 172 Å². The van der Waals surface area contributed by atoms with Crippen molar-refractivity contribution in [3.8, 4) is 11.5 Å². The van der Waals surface area contributed by atoms with Crippen LogP contribution in [0.3, 0.4) is 0 Å². The Morgan fingerprint density at radius 1 is 1.10 bits per heavy atom. The van der Waals surface area contributed by atoms with Crippen molar-refractivity contribution in [3.63, 3.8) is 0 Å². The molecule has 0 spiro atoms. The Kier molecular flexibility index (Phi) is 7.12. The van der Waals surface area contributed by atoms with Gasteiger partial charge in [-0.05, 0) is 37.6 Å². The molecule has 1 heterocycles.